The van der Waals surface area contributed by atoms with E-state index < -0.39 is 0 Å². The van der Waals surface area contributed by atoms with Gasteiger partial charge in [0, 0.05) is 16.8 Å². The van der Waals surface area contributed by atoms with Crippen LogP contribution in [0, 0.1) is 5.92 Å². The normalized spacial score (nSPS) is 16.2. The molecule has 0 aliphatic heterocycles. The first-order valence-corrected chi connectivity index (χ1v) is 6.07. The van der Waals surface area contributed by atoms with Gasteiger partial charge < -0.3 is 5.73 Å². The molecule has 0 saturated carbocycles. The Kier molecular flexibility index (Phi) is 3.55. The van der Waals surface area contributed by atoms with Crippen LogP contribution in [-0.2, 0) is 5.41 Å². The maximum absolute atomic E-state index is 5.84. The summed E-state index contributed by atoms with van der Waals surface area (Å²) in [7, 11) is 0. The van der Waals surface area contributed by atoms with Gasteiger partial charge in [-0.15, -0.1) is 11.3 Å². The van der Waals surface area contributed by atoms with Crippen LogP contribution in [0.15, 0.2) is 15.9 Å². The molecule has 0 aromatic carbocycles. The number of thiophene rings is 1. The molecular weight excluding hydrogens is 246 g/mol. The Bertz CT molecular complexity index is 282. The Morgan fingerprint density at radius 2 is 2.15 bits per heavy atom. The largest absolute Gasteiger partial charge is 0.330 e. The third-order valence-electron chi connectivity index (χ3n) is 2.83. The van der Waals surface area contributed by atoms with Crippen LogP contribution in [0.4, 0.5) is 0 Å². The quantitative estimate of drug-likeness (QED) is 0.887. The molecule has 74 valence electrons. The number of nitrogens with two attached hydrogens (primary N) is 1. The van der Waals surface area contributed by atoms with Crippen molar-refractivity contribution < 1.29 is 0 Å². The number of hydrogen-bond acceptors (Lipinski definition) is 2. The van der Waals surface area contributed by atoms with Crippen molar-refractivity contribution in [3.05, 3.63) is 20.8 Å². The van der Waals surface area contributed by atoms with Crippen molar-refractivity contribution in [1.82, 2.24) is 0 Å². The Balaban J connectivity index is 3.02. The van der Waals surface area contributed by atoms with Crippen LogP contribution >= 0.6 is 27.3 Å². The van der Waals surface area contributed by atoms with Crippen molar-refractivity contribution in [3.63, 3.8) is 0 Å². The van der Waals surface area contributed by atoms with Crippen molar-refractivity contribution in [2.24, 2.45) is 11.7 Å². The highest BCUT2D eigenvalue weighted by atomic mass is 79.9. The molecule has 1 unspecified atom stereocenters. The molecule has 3 heteroatoms. The Hall–Kier alpha value is 0.140. The van der Waals surface area contributed by atoms with Gasteiger partial charge in [-0.05, 0) is 34.0 Å². The predicted molar refractivity (Wildman–Crippen MR) is 63.3 cm³/mol. The lowest BCUT2D eigenvalue weighted by Gasteiger charge is -2.31. The molecule has 0 radical (unpaired) electrons. The van der Waals surface area contributed by atoms with E-state index in [0.29, 0.717) is 12.5 Å². The molecule has 13 heavy (non-hydrogen) atoms. The van der Waals surface area contributed by atoms with Crippen molar-refractivity contribution in [2.75, 3.05) is 6.54 Å². The molecule has 1 heterocycles. The topological polar surface area (TPSA) is 26.0 Å². The zero-order valence-electron chi connectivity index (χ0n) is 8.30. The van der Waals surface area contributed by atoms with Gasteiger partial charge in [-0.2, -0.15) is 0 Å². The first-order chi connectivity index (χ1) is 6.00. The number of hydrogen-bond donors (Lipinski definition) is 1. The first-order valence-electron chi connectivity index (χ1n) is 4.46. The lowest BCUT2D eigenvalue weighted by atomic mass is 9.78. The molecule has 1 rings (SSSR count). The summed E-state index contributed by atoms with van der Waals surface area (Å²) in [5.74, 6) is 0.572. The molecule has 0 saturated heterocycles. The van der Waals surface area contributed by atoms with E-state index in [9.17, 15) is 0 Å². The molecule has 2 N–H and O–H groups in total. The fraction of sp³-hybridized carbons (Fsp3) is 0.600. The van der Waals surface area contributed by atoms with Crippen LogP contribution in [0.1, 0.15) is 25.6 Å². The van der Waals surface area contributed by atoms with Crippen LogP contribution in [0.2, 0.25) is 0 Å². The van der Waals surface area contributed by atoms with Gasteiger partial charge >= 0.3 is 0 Å². The van der Waals surface area contributed by atoms with Gasteiger partial charge in [0.1, 0.15) is 0 Å². The van der Waals surface area contributed by atoms with E-state index in [1.165, 1.54) is 8.66 Å². The minimum atomic E-state index is 0.122. The summed E-state index contributed by atoms with van der Waals surface area (Å²) in [6, 6.07) is 4.26. The Morgan fingerprint density at radius 3 is 2.46 bits per heavy atom. The predicted octanol–water partition coefficient (Wildman–Crippen LogP) is 3.38. The Labute approximate surface area is 92.5 Å². The average Bonchev–Trinajstić information content (AvgIpc) is 2.50. The van der Waals surface area contributed by atoms with Crippen molar-refractivity contribution in [3.8, 4) is 0 Å². The van der Waals surface area contributed by atoms with E-state index >= 15 is 0 Å². The van der Waals surface area contributed by atoms with Gasteiger partial charge in [0.15, 0.2) is 0 Å². The zero-order chi connectivity index (χ0) is 10.1. The molecule has 0 fully saturated rings. The first kappa shape index (κ1) is 11.2. The second-order valence-corrected chi connectivity index (χ2v) is 6.34. The third kappa shape index (κ3) is 2.14. The number of halogens is 1. The molecule has 1 nitrogen and oxygen atoms in total. The highest BCUT2D eigenvalue weighted by molar-refractivity contribution is 9.11. The van der Waals surface area contributed by atoms with Crippen LogP contribution in [0.25, 0.3) is 0 Å². The van der Waals surface area contributed by atoms with Gasteiger partial charge in [-0.25, -0.2) is 0 Å². The SMILES string of the molecule is CC(C)C(C)(CN)c1ccc(Br)s1. The van der Waals surface area contributed by atoms with Crippen LogP contribution in [0.5, 0.6) is 0 Å². The molecule has 0 spiro atoms. The summed E-state index contributed by atoms with van der Waals surface area (Å²) < 4.78 is 1.18. The minimum absolute atomic E-state index is 0.122. The number of rotatable bonds is 3. The van der Waals surface area contributed by atoms with E-state index in [0.717, 1.165) is 0 Å². The van der Waals surface area contributed by atoms with E-state index in [4.69, 9.17) is 5.73 Å². The summed E-state index contributed by atoms with van der Waals surface area (Å²) in [5.41, 5.74) is 5.96. The Morgan fingerprint density at radius 1 is 1.54 bits per heavy atom. The smallest absolute Gasteiger partial charge is 0.0701 e. The van der Waals surface area contributed by atoms with E-state index in [2.05, 4.69) is 48.8 Å². The standard InChI is InChI=1S/C10H16BrNS/c1-7(2)10(3,6-12)8-4-5-9(11)13-8/h4-5,7H,6,12H2,1-3H3. The second-order valence-electron chi connectivity index (χ2n) is 3.88. The lowest BCUT2D eigenvalue weighted by Crippen LogP contribution is -2.36. The van der Waals surface area contributed by atoms with Crippen LogP contribution in [-0.4, -0.2) is 6.54 Å². The fourth-order valence-corrected chi connectivity index (χ4v) is 2.93. The van der Waals surface area contributed by atoms with Crippen molar-refractivity contribution in [1.29, 1.82) is 0 Å². The maximum Gasteiger partial charge on any atom is 0.0701 e. The van der Waals surface area contributed by atoms with Gasteiger partial charge in [-0.1, -0.05) is 20.8 Å². The lowest BCUT2D eigenvalue weighted by molar-refractivity contribution is 0.354. The van der Waals surface area contributed by atoms with Gasteiger partial charge in [-0.3, -0.25) is 0 Å². The summed E-state index contributed by atoms with van der Waals surface area (Å²) in [4.78, 5) is 1.37. The highest BCUT2D eigenvalue weighted by Crippen LogP contribution is 2.37. The summed E-state index contributed by atoms with van der Waals surface area (Å²) in [6.07, 6.45) is 0. The molecule has 0 amide bonds. The monoisotopic (exact) mass is 261 g/mol. The summed E-state index contributed by atoms with van der Waals surface area (Å²) >= 11 is 5.26. The average molecular weight is 262 g/mol. The molecule has 0 aliphatic rings. The highest BCUT2D eigenvalue weighted by Gasteiger charge is 2.30. The van der Waals surface area contributed by atoms with Gasteiger partial charge in [0.25, 0.3) is 0 Å². The van der Waals surface area contributed by atoms with Crippen molar-refractivity contribution in [2.45, 2.75) is 26.2 Å². The van der Waals surface area contributed by atoms with Gasteiger partial charge in [0.05, 0.1) is 3.79 Å². The molecule has 0 aliphatic carbocycles. The molecule has 1 atom stereocenters. The fourth-order valence-electron chi connectivity index (χ4n) is 1.24. The summed E-state index contributed by atoms with van der Waals surface area (Å²) in [6.45, 7) is 7.38. The van der Waals surface area contributed by atoms with Crippen LogP contribution < -0.4 is 5.73 Å². The maximum atomic E-state index is 5.84. The van der Waals surface area contributed by atoms with E-state index in [-0.39, 0.29) is 5.41 Å². The second kappa shape index (κ2) is 4.11. The zero-order valence-corrected chi connectivity index (χ0v) is 10.7. The molecule has 0 bridgehead atoms. The molecular formula is C10H16BrNS. The van der Waals surface area contributed by atoms with Crippen LogP contribution in [0.3, 0.4) is 0 Å². The minimum Gasteiger partial charge on any atom is -0.330 e. The van der Waals surface area contributed by atoms with Crippen molar-refractivity contribution >= 4 is 27.3 Å². The van der Waals surface area contributed by atoms with Gasteiger partial charge in [0.2, 0.25) is 0 Å². The van der Waals surface area contributed by atoms with E-state index in [1.807, 2.05) is 0 Å². The summed E-state index contributed by atoms with van der Waals surface area (Å²) in [5, 5.41) is 0. The van der Waals surface area contributed by atoms with E-state index in [1.54, 1.807) is 11.3 Å². The molecule has 1 aromatic rings. The third-order valence-corrected chi connectivity index (χ3v) is 4.74. The molecule has 1 aromatic heterocycles.